The maximum Gasteiger partial charge on any atom is 0.257 e. The summed E-state index contributed by atoms with van der Waals surface area (Å²) in [5.41, 5.74) is 3.18. The molecule has 0 aliphatic carbocycles. The number of aromatic nitrogens is 3. The average Bonchev–Trinajstić information content (AvgIpc) is 3.36. The Hall–Kier alpha value is -2.88. The van der Waals surface area contributed by atoms with E-state index in [9.17, 15) is 4.79 Å². The second kappa shape index (κ2) is 12.1. The van der Waals surface area contributed by atoms with E-state index in [1.54, 1.807) is 6.20 Å². The van der Waals surface area contributed by atoms with Crippen LogP contribution >= 0.6 is 11.6 Å². The summed E-state index contributed by atoms with van der Waals surface area (Å²) in [7, 11) is 2.15. The third kappa shape index (κ3) is 6.71. The van der Waals surface area contributed by atoms with E-state index >= 15 is 0 Å². The first-order valence-corrected chi connectivity index (χ1v) is 13.6. The van der Waals surface area contributed by atoms with Crippen molar-refractivity contribution in [3.8, 4) is 17.1 Å². The molecule has 4 heterocycles. The fraction of sp³-hybridized carbons (Fsp3) is 0.519. The zero-order chi connectivity index (χ0) is 25.6. The molecule has 2 aromatic heterocycles. The molecule has 37 heavy (non-hydrogen) atoms. The Morgan fingerprint density at radius 3 is 2.68 bits per heavy atom. The van der Waals surface area contributed by atoms with Crippen LogP contribution in [0.5, 0.6) is 5.75 Å². The highest BCUT2D eigenvalue weighted by atomic mass is 35.5. The van der Waals surface area contributed by atoms with Gasteiger partial charge in [0, 0.05) is 18.2 Å². The molecule has 0 bridgehead atoms. The lowest BCUT2D eigenvalue weighted by molar-refractivity contribution is -0.123. The second-order valence-corrected chi connectivity index (χ2v) is 10.5. The smallest absolute Gasteiger partial charge is 0.257 e. The van der Waals surface area contributed by atoms with Crippen LogP contribution in [0.1, 0.15) is 32.1 Å². The van der Waals surface area contributed by atoms with E-state index < -0.39 is 0 Å². The highest BCUT2D eigenvalue weighted by molar-refractivity contribution is 6.34. The molecule has 0 unspecified atom stereocenters. The van der Waals surface area contributed by atoms with Crippen LogP contribution in [0, 0.1) is 5.92 Å². The number of fused-ring (bicyclic) bond motifs is 1. The molecule has 1 amide bonds. The van der Waals surface area contributed by atoms with Crippen molar-refractivity contribution in [2.75, 3.05) is 51.7 Å². The summed E-state index contributed by atoms with van der Waals surface area (Å²) in [5.74, 6) is 1.95. The molecule has 3 aromatic rings. The molecule has 2 fully saturated rings. The van der Waals surface area contributed by atoms with E-state index in [1.165, 1.54) is 12.8 Å². The summed E-state index contributed by atoms with van der Waals surface area (Å²) in [6.07, 6.45) is 7.17. The van der Waals surface area contributed by atoms with Crippen LogP contribution in [0.4, 0.5) is 5.69 Å². The summed E-state index contributed by atoms with van der Waals surface area (Å²) in [6.45, 7) is 4.98. The molecule has 2 aliphatic rings. The number of likely N-dealkylation sites (tertiary alicyclic amines) is 1. The maximum atomic E-state index is 12.2. The first-order valence-electron chi connectivity index (χ1n) is 13.2. The number of amides is 1. The van der Waals surface area contributed by atoms with Crippen molar-refractivity contribution in [3.05, 3.63) is 35.5 Å². The minimum atomic E-state index is -0.0945. The van der Waals surface area contributed by atoms with Gasteiger partial charge in [-0.1, -0.05) is 11.6 Å². The van der Waals surface area contributed by atoms with Gasteiger partial charge in [-0.15, -0.1) is 0 Å². The maximum absolute atomic E-state index is 12.2. The van der Waals surface area contributed by atoms with E-state index in [-0.39, 0.29) is 12.5 Å². The lowest BCUT2D eigenvalue weighted by Crippen LogP contribution is -2.36. The third-order valence-corrected chi connectivity index (χ3v) is 7.66. The number of imidazole rings is 1. The molecule has 0 atom stereocenters. The van der Waals surface area contributed by atoms with Crippen LogP contribution in [0.15, 0.2) is 30.5 Å². The summed E-state index contributed by atoms with van der Waals surface area (Å²) < 4.78 is 5.69. The number of benzene rings is 1. The Morgan fingerprint density at radius 2 is 1.92 bits per heavy atom. The van der Waals surface area contributed by atoms with Crippen molar-refractivity contribution in [2.45, 2.75) is 38.1 Å². The molecule has 2 aliphatic heterocycles. The van der Waals surface area contributed by atoms with Crippen molar-refractivity contribution in [3.63, 3.8) is 0 Å². The van der Waals surface area contributed by atoms with Crippen molar-refractivity contribution < 1.29 is 9.53 Å². The van der Waals surface area contributed by atoms with Gasteiger partial charge in [0.25, 0.3) is 5.91 Å². The number of rotatable bonds is 9. The van der Waals surface area contributed by atoms with Crippen LogP contribution in [0.25, 0.3) is 22.6 Å². The van der Waals surface area contributed by atoms with Gasteiger partial charge in [0.15, 0.2) is 12.3 Å². The number of piperidine rings is 2. The number of nitrogens with zero attached hydrogens (tertiary/aromatic N) is 3. The first kappa shape index (κ1) is 25.8. The predicted molar refractivity (Wildman–Crippen MR) is 147 cm³/mol. The lowest BCUT2D eigenvalue weighted by atomic mass is 9.95. The van der Waals surface area contributed by atoms with E-state index in [0.717, 1.165) is 62.2 Å². The minimum Gasteiger partial charge on any atom is -0.484 e. The third-order valence-electron chi connectivity index (χ3n) is 7.37. The zero-order valence-electron chi connectivity index (χ0n) is 21.4. The Kier molecular flexibility index (Phi) is 8.43. The number of H-pyrrole nitrogens is 1. The molecule has 10 heteroatoms. The monoisotopic (exact) mass is 525 g/mol. The molecule has 0 spiro atoms. The quantitative estimate of drug-likeness (QED) is 0.337. The Labute approximate surface area is 222 Å². The van der Waals surface area contributed by atoms with Gasteiger partial charge < -0.3 is 30.6 Å². The summed E-state index contributed by atoms with van der Waals surface area (Å²) in [5, 5.41) is 10.5. The number of nitrogens with one attached hydrogen (secondary N) is 4. The lowest BCUT2D eigenvalue weighted by Gasteiger charge is -2.30. The highest BCUT2D eigenvalue weighted by Gasteiger charge is 2.20. The second-order valence-electron chi connectivity index (χ2n) is 10.1. The van der Waals surface area contributed by atoms with Gasteiger partial charge in [0.05, 0.1) is 16.9 Å². The zero-order valence-corrected chi connectivity index (χ0v) is 22.1. The van der Waals surface area contributed by atoms with E-state index in [0.29, 0.717) is 40.7 Å². The summed E-state index contributed by atoms with van der Waals surface area (Å²) >= 11 is 6.52. The van der Waals surface area contributed by atoms with Crippen LogP contribution in [0.3, 0.4) is 0 Å². The van der Waals surface area contributed by atoms with E-state index in [4.69, 9.17) is 16.3 Å². The average molecular weight is 526 g/mol. The van der Waals surface area contributed by atoms with Gasteiger partial charge in [-0.3, -0.25) is 4.79 Å². The minimum absolute atomic E-state index is 0.00458. The van der Waals surface area contributed by atoms with Gasteiger partial charge >= 0.3 is 0 Å². The van der Waals surface area contributed by atoms with Gasteiger partial charge in [-0.2, -0.15) is 0 Å². The molecule has 9 nitrogen and oxygen atoms in total. The molecule has 1 aromatic carbocycles. The SMILES string of the molecule is CN1CCC(Nc2c(Cl)cnc3nc(-c4ccc(OCC(=O)NCCC5CCNCC5)cc4)[nH]c23)CC1. The molecule has 2 saturated heterocycles. The van der Waals surface area contributed by atoms with Gasteiger partial charge in [0.2, 0.25) is 0 Å². The number of aromatic amines is 1. The summed E-state index contributed by atoms with van der Waals surface area (Å²) in [4.78, 5) is 27.0. The first-order chi connectivity index (χ1) is 18.0. The molecule has 4 N–H and O–H groups in total. The van der Waals surface area contributed by atoms with Crippen LogP contribution in [-0.2, 0) is 4.79 Å². The Bertz CT molecular complexity index is 1190. The van der Waals surface area contributed by atoms with Crippen LogP contribution in [0.2, 0.25) is 5.02 Å². The van der Waals surface area contributed by atoms with Crippen molar-refractivity contribution >= 4 is 34.4 Å². The number of ether oxygens (including phenoxy) is 1. The van der Waals surface area contributed by atoms with Crippen molar-refractivity contribution in [1.82, 2.24) is 30.5 Å². The number of carbonyl (C=O) groups is 1. The number of carbonyl (C=O) groups excluding carboxylic acids is 1. The normalized spacial score (nSPS) is 17.7. The molecule has 0 radical (unpaired) electrons. The number of halogens is 1. The number of hydrogen-bond donors (Lipinski definition) is 4. The molecule has 0 saturated carbocycles. The van der Waals surface area contributed by atoms with E-state index in [1.807, 2.05) is 24.3 Å². The molecule has 198 valence electrons. The highest BCUT2D eigenvalue weighted by Crippen LogP contribution is 2.32. The molecular weight excluding hydrogens is 490 g/mol. The van der Waals surface area contributed by atoms with Gasteiger partial charge in [-0.25, -0.2) is 9.97 Å². The van der Waals surface area contributed by atoms with Crippen LogP contribution in [-0.4, -0.2) is 78.2 Å². The largest absolute Gasteiger partial charge is 0.484 e. The number of pyridine rings is 1. The fourth-order valence-electron chi connectivity index (χ4n) is 5.06. The van der Waals surface area contributed by atoms with E-state index in [2.05, 4.69) is 42.8 Å². The van der Waals surface area contributed by atoms with Crippen molar-refractivity contribution in [1.29, 1.82) is 0 Å². The fourth-order valence-corrected chi connectivity index (χ4v) is 5.26. The standard InChI is InChI=1S/C27H36ClN7O2/c1-35-14-9-20(10-15-35)32-24-22(28)16-31-27-25(24)33-26(34-27)19-2-4-21(5-3-19)37-17-23(36)30-13-8-18-6-11-29-12-7-18/h2-5,16,18,20,29H,6-15,17H2,1H3,(H,30,36)(H2,31,32,33,34). The number of anilines is 1. The van der Waals surface area contributed by atoms with Crippen molar-refractivity contribution in [2.24, 2.45) is 5.92 Å². The number of hydrogen-bond acceptors (Lipinski definition) is 7. The molecule has 5 rings (SSSR count). The van der Waals surface area contributed by atoms with Gasteiger partial charge in [0.1, 0.15) is 17.1 Å². The summed E-state index contributed by atoms with van der Waals surface area (Å²) in [6, 6.07) is 7.91. The predicted octanol–water partition coefficient (Wildman–Crippen LogP) is 3.67. The van der Waals surface area contributed by atoms with Crippen LogP contribution < -0.4 is 20.7 Å². The van der Waals surface area contributed by atoms with Gasteiger partial charge in [-0.05, 0) is 95.5 Å². The topological polar surface area (TPSA) is 107 Å². The Morgan fingerprint density at radius 1 is 1.16 bits per heavy atom. The Balaban J connectivity index is 1.17. The molecular formula is C27H36ClN7O2.